The molecule has 2 fully saturated rings. The van der Waals surface area contributed by atoms with Crippen LogP contribution in [-0.4, -0.2) is 36.2 Å². The third kappa shape index (κ3) is 4.49. The zero-order valence-electron chi connectivity index (χ0n) is 17.7. The van der Waals surface area contributed by atoms with E-state index in [4.69, 9.17) is 0 Å². The molecule has 1 aromatic rings. The van der Waals surface area contributed by atoms with Crippen LogP contribution in [0, 0.1) is 29.1 Å². The number of carbonyl (C=O) groups is 1. The van der Waals surface area contributed by atoms with Crippen molar-refractivity contribution in [2.45, 2.75) is 38.1 Å². The molecule has 1 amide bonds. The number of piperidine rings is 1. The second-order valence-corrected chi connectivity index (χ2v) is 9.10. The molecule has 4 aliphatic rings. The van der Waals surface area contributed by atoms with Gasteiger partial charge in [-0.25, -0.2) is 0 Å². The molecule has 1 saturated heterocycles. The van der Waals surface area contributed by atoms with Crippen LogP contribution in [0.3, 0.4) is 0 Å². The van der Waals surface area contributed by atoms with Crippen LogP contribution in [0.2, 0.25) is 0 Å². The van der Waals surface area contributed by atoms with Crippen LogP contribution in [0.15, 0.2) is 59.4 Å². The highest BCUT2D eigenvalue weighted by Crippen LogP contribution is 2.35. The standard InChI is InChI=1S/C26H28N4O/c27-16-19-2-1-3-20(12-19)22-14-21-6-9-28-17-24(21)25(15-22)29-23-7-10-30(11-8-23)26(31)13-18-4-5-18/h1-3,6,9,12,14-15,17-18,21,23-24,29H,4-5,7-8,10-11,13H2. The first kappa shape index (κ1) is 19.8. The molecule has 5 rings (SSSR count). The van der Waals surface area contributed by atoms with Gasteiger partial charge in [-0.2, -0.15) is 5.26 Å². The summed E-state index contributed by atoms with van der Waals surface area (Å²) >= 11 is 0. The Kier molecular flexibility index (Phi) is 5.46. The SMILES string of the molecule is N#Cc1cccc(C2=CC3C=CN=CC3C(NC3CCN(C(=O)CC4CC4)CC3)=C2)c1. The van der Waals surface area contributed by atoms with Crippen molar-refractivity contribution < 1.29 is 4.79 Å². The van der Waals surface area contributed by atoms with E-state index < -0.39 is 0 Å². The van der Waals surface area contributed by atoms with E-state index in [0.717, 1.165) is 43.5 Å². The molecule has 2 aliphatic carbocycles. The van der Waals surface area contributed by atoms with Gasteiger partial charge >= 0.3 is 0 Å². The third-order valence-corrected chi connectivity index (χ3v) is 6.80. The molecule has 1 saturated carbocycles. The van der Waals surface area contributed by atoms with Crippen molar-refractivity contribution in [2.24, 2.45) is 22.7 Å². The van der Waals surface area contributed by atoms with Gasteiger partial charge in [-0.15, -0.1) is 0 Å². The molecule has 0 spiro atoms. The maximum absolute atomic E-state index is 12.4. The summed E-state index contributed by atoms with van der Waals surface area (Å²) in [6.07, 6.45) is 15.7. The first-order chi connectivity index (χ1) is 15.2. The van der Waals surface area contributed by atoms with Crippen LogP contribution in [0.1, 0.15) is 43.2 Å². The second-order valence-electron chi connectivity index (χ2n) is 9.10. The van der Waals surface area contributed by atoms with Gasteiger partial charge in [-0.05, 0) is 60.9 Å². The number of aliphatic imine (C=N–C) groups is 1. The van der Waals surface area contributed by atoms with E-state index in [1.165, 1.54) is 18.5 Å². The maximum Gasteiger partial charge on any atom is 0.222 e. The fourth-order valence-corrected chi connectivity index (χ4v) is 4.77. The molecular weight excluding hydrogens is 384 g/mol. The van der Waals surface area contributed by atoms with Gasteiger partial charge < -0.3 is 10.2 Å². The Morgan fingerprint density at radius 2 is 2.06 bits per heavy atom. The number of benzene rings is 1. The number of amides is 1. The molecule has 2 aliphatic heterocycles. The van der Waals surface area contributed by atoms with Crippen LogP contribution in [0.25, 0.3) is 5.57 Å². The summed E-state index contributed by atoms with van der Waals surface area (Å²) in [7, 11) is 0. The maximum atomic E-state index is 12.4. The zero-order valence-corrected chi connectivity index (χ0v) is 17.7. The molecule has 31 heavy (non-hydrogen) atoms. The molecule has 2 heterocycles. The summed E-state index contributed by atoms with van der Waals surface area (Å²) in [4.78, 5) is 18.9. The minimum absolute atomic E-state index is 0.211. The van der Waals surface area contributed by atoms with E-state index in [9.17, 15) is 10.1 Å². The smallest absolute Gasteiger partial charge is 0.222 e. The van der Waals surface area contributed by atoms with Gasteiger partial charge in [0.05, 0.1) is 11.6 Å². The lowest BCUT2D eigenvalue weighted by atomic mass is 9.80. The van der Waals surface area contributed by atoms with E-state index in [0.29, 0.717) is 23.4 Å². The molecule has 0 radical (unpaired) electrons. The molecular formula is C26H28N4O. The molecule has 5 heteroatoms. The summed E-state index contributed by atoms with van der Waals surface area (Å²) in [5, 5.41) is 13.1. The number of carbonyl (C=O) groups excluding carboxylic acids is 1. The van der Waals surface area contributed by atoms with Gasteiger partial charge in [-0.3, -0.25) is 9.79 Å². The minimum Gasteiger partial charge on any atom is -0.385 e. The van der Waals surface area contributed by atoms with E-state index in [1.807, 2.05) is 30.6 Å². The molecule has 0 bridgehead atoms. The van der Waals surface area contributed by atoms with Gasteiger partial charge in [0.1, 0.15) is 0 Å². The van der Waals surface area contributed by atoms with E-state index >= 15 is 0 Å². The number of nitrogens with zero attached hydrogens (tertiary/aromatic N) is 3. The quantitative estimate of drug-likeness (QED) is 0.793. The summed E-state index contributed by atoms with van der Waals surface area (Å²) in [6.45, 7) is 1.68. The summed E-state index contributed by atoms with van der Waals surface area (Å²) in [6, 6.07) is 10.4. The number of nitrogens with one attached hydrogen (secondary N) is 1. The number of allylic oxidation sites excluding steroid dienone is 5. The fraction of sp³-hybridized carbons (Fsp3) is 0.423. The predicted octanol–water partition coefficient (Wildman–Crippen LogP) is 4.05. The molecule has 1 N–H and O–H groups in total. The summed E-state index contributed by atoms with van der Waals surface area (Å²) < 4.78 is 0. The van der Waals surface area contributed by atoms with Gasteiger partial charge in [-0.1, -0.05) is 24.3 Å². The van der Waals surface area contributed by atoms with E-state index in [2.05, 4.69) is 45.6 Å². The van der Waals surface area contributed by atoms with E-state index in [-0.39, 0.29) is 11.8 Å². The first-order valence-electron chi connectivity index (χ1n) is 11.4. The first-order valence-corrected chi connectivity index (χ1v) is 11.4. The number of hydrogen-bond donors (Lipinski definition) is 1. The molecule has 5 nitrogen and oxygen atoms in total. The van der Waals surface area contributed by atoms with Crippen LogP contribution < -0.4 is 5.32 Å². The number of nitriles is 1. The number of hydrogen-bond acceptors (Lipinski definition) is 4. The topological polar surface area (TPSA) is 68.5 Å². The molecule has 1 aromatic carbocycles. The monoisotopic (exact) mass is 412 g/mol. The van der Waals surface area contributed by atoms with Crippen LogP contribution >= 0.6 is 0 Å². The molecule has 2 unspecified atom stereocenters. The minimum atomic E-state index is 0.211. The second kappa shape index (κ2) is 8.55. The van der Waals surface area contributed by atoms with Gasteiger partial charge in [0.15, 0.2) is 0 Å². The van der Waals surface area contributed by atoms with Crippen molar-refractivity contribution in [3.8, 4) is 6.07 Å². The lowest BCUT2D eigenvalue weighted by Gasteiger charge is -2.36. The van der Waals surface area contributed by atoms with Gasteiger partial charge in [0.2, 0.25) is 5.91 Å². The largest absolute Gasteiger partial charge is 0.385 e. The molecule has 0 aromatic heterocycles. The highest BCUT2D eigenvalue weighted by molar-refractivity contribution is 5.81. The van der Waals surface area contributed by atoms with Crippen LogP contribution in [-0.2, 0) is 4.79 Å². The third-order valence-electron chi connectivity index (χ3n) is 6.80. The van der Waals surface area contributed by atoms with Crippen LogP contribution in [0.5, 0.6) is 0 Å². The van der Waals surface area contributed by atoms with Crippen molar-refractivity contribution in [1.82, 2.24) is 10.2 Å². The Morgan fingerprint density at radius 3 is 2.84 bits per heavy atom. The highest BCUT2D eigenvalue weighted by atomic mass is 16.2. The van der Waals surface area contributed by atoms with Gasteiger partial charge in [0, 0.05) is 55.5 Å². The predicted molar refractivity (Wildman–Crippen MR) is 122 cm³/mol. The number of likely N-dealkylation sites (tertiary alicyclic amines) is 1. The summed E-state index contributed by atoms with van der Waals surface area (Å²) in [5.74, 6) is 1.45. The lowest BCUT2D eigenvalue weighted by Crippen LogP contribution is -2.46. The van der Waals surface area contributed by atoms with Crippen molar-refractivity contribution in [3.05, 3.63) is 65.5 Å². The number of fused-ring (bicyclic) bond motifs is 1. The van der Waals surface area contributed by atoms with Crippen molar-refractivity contribution in [2.75, 3.05) is 13.1 Å². The average molecular weight is 413 g/mol. The average Bonchev–Trinajstić information content (AvgIpc) is 3.63. The van der Waals surface area contributed by atoms with Crippen molar-refractivity contribution >= 4 is 17.7 Å². The Hall–Kier alpha value is -3.13. The molecule has 2 atom stereocenters. The fourth-order valence-electron chi connectivity index (χ4n) is 4.77. The van der Waals surface area contributed by atoms with Crippen LogP contribution in [0.4, 0.5) is 0 Å². The normalized spacial score (nSPS) is 25.3. The number of rotatable bonds is 5. The van der Waals surface area contributed by atoms with Crippen molar-refractivity contribution in [3.63, 3.8) is 0 Å². The van der Waals surface area contributed by atoms with E-state index in [1.54, 1.807) is 0 Å². The Labute approximate surface area is 183 Å². The highest BCUT2D eigenvalue weighted by Gasteiger charge is 2.31. The van der Waals surface area contributed by atoms with Gasteiger partial charge in [0.25, 0.3) is 0 Å². The Morgan fingerprint density at radius 1 is 1.23 bits per heavy atom. The Balaban J connectivity index is 1.30. The molecule has 158 valence electrons. The summed E-state index contributed by atoms with van der Waals surface area (Å²) in [5.41, 5.74) is 4.05. The van der Waals surface area contributed by atoms with Crippen molar-refractivity contribution in [1.29, 1.82) is 5.26 Å². The Bertz CT molecular complexity index is 1020. The lowest BCUT2D eigenvalue weighted by molar-refractivity contribution is -0.132. The zero-order chi connectivity index (χ0) is 21.2.